The summed E-state index contributed by atoms with van der Waals surface area (Å²) in [6, 6.07) is 8.10. The van der Waals surface area contributed by atoms with Gasteiger partial charge in [0.2, 0.25) is 0 Å². The van der Waals surface area contributed by atoms with Crippen LogP contribution >= 0.6 is 0 Å². The monoisotopic (exact) mass is 321 g/mol. The fraction of sp³-hybridized carbons (Fsp3) is 0.556. The number of nitrogens with one attached hydrogen (secondary N) is 1. The molecule has 0 aromatic heterocycles. The second kappa shape index (κ2) is 9.18. The minimum Gasteiger partial charge on any atom is -0.494 e. The van der Waals surface area contributed by atoms with Gasteiger partial charge in [0.05, 0.1) is 6.61 Å². The maximum Gasteiger partial charge on any atom is 0.303 e. The number of ether oxygens (including phenoxy) is 2. The first-order valence-corrected chi connectivity index (χ1v) is 7.88. The molecular formula is C18H27NO4. The summed E-state index contributed by atoms with van der Waals surface area (Å²) in [4.78, 5) is 21.9. The molecule has 1 N–H and O–H groups in total. The van der Waals surface area contributed by atoms with E-state index in [0.717, 1.165) is 12.2 Å². The third kappa shape index (κ3) is 9.55. The van der Waals surface area contributed by atoms with Crippen LogP contribution in [0.4, 0.5) is 0 Å². The smallest absolute Gasteiger partial charge is 0.303 e. The van der Waals surface area contributed by atoms with Gasteiger partial charge in [0.1, 0.15) is 5.75 Å². The summed E-state index contributed by atoms with van der Waals surface area (Å²) in [6.45, 7) is 8.67. The second-order valence-corrected chi connectivity index (χ2v) is 6.72. The maximum absolute atomic E-state index is 11.3. The topological polar surface area (TPSA) is 64.6 Å². The van der Waals surface area contributed by atoms with E-state index < -0.39 is 5.97 Å². The average Bonchev–Trinajstić information content (AvgIpc) is 2.43. The minimum absolute atomic E-state index is 0.231. The summed E-state index contributed by atoms with van der Waals surface area (Å²) in [6.07, 6.45) is 1.69. The van der Waals surface area contributed by atoms with E-state index in [2.05, 4.69) is 43.0 Å². The predicted molar refractivity (Wildman–Crippen MR) is 89.4 cm³/mol. The lowest BCUT2D eigenvalue weighted by atomic mass is 9.88. The lowest BCUT2D eigenvalue weighted by molar-refractivity contribution is -0.146. The highest BCUT2D eigenvalue weighted by atomic mass is 16.5. The Morgan fingerprint density at radius 2 is 1.96 bits per heavy atom. The Kier molecular flexibility index (Phi) is 7.59. The van der Waals surface area contributed by atoms with Gasteiger partial charge in [-0.05, 0) is 36.0 Å². The summed E-state index contributed by atoms with van der Waals surface area (Å²) >= 11 is 0. The normalized spacial score (nSPS) is 11.0. The summed E-state index contributed by atoms with van der Waals surface area (Å²) in [7, 11) is 0. The van der Waals surface area contributed by atoms with Crippen molar-refractivity contribution < 1.29 is 19.1 Å². The number of amides is 1. The molecule has 1 aromatic carbocycles. The van der Waals surface area contributed by atoms with E-state index in [1.165, 1.54) is 12.5 Å². The molecule has 0 spiro atoms. The van der Waals surface area contributed by atoms with E-state index in [4.69, 9.17) is 4.74 Å². The molecule has 23 heavy (non-hydrogen) atoms. The molecule has 0 saturated heterocycles. The molecular weight excluding hydrogens is 294 g/mol. The average molecular weight is 321 g/mol. The van der Waals surface area contributed by atoms with Crippen LogP contribution in [-0.2, 0) is 20.7 Å². The van der Waals surface area contributed by atoms with Crippen molar-refractivity contribution in [2.24, 2.45) is 5.41 Å². The molecule has 0 fully saturated rings. The zero-order valence-electron chi connectivity index (χ0n) is 14.5. The Morgan fingerprint density at radius 3 is 2.61 bits per heavy atom. The SMILES string of the molecule is CC(=O)OCC(=O)NCCCOc1cccc(CC(C)(C)C)c1. The number of hydrogen-bond acceptors (Lipinski definition) is 4. The highest BCUT2D eigenvalue weighted by Gasteiger charge is 2.11. The first kappa shape index (κ1) is 19.0. The van der Waals surface area contributed by atoms with E-state index in [0.29, 0.717) is 19.6 Å². The molecule has 0 unspecified atom stereocenters. The Hall–Kier alpha value is -2.04. The number of carbonyl (C=O) groups excluding carboxylic acids is 2. The molecule has 5 heteroatoms. The molecule has 0 aliphatic heterocycles. The molecule has 128 valence electrons. The van der Waals surface area contributed by atoms with Gasteiger partial charge in [0.25, 0.3) is 5.91 Å². The molecule has 0 bridgehead atoms. The summed E-state index contributed by atoms with van der Waals surface area (Å²) < 4.78 is 10.3. The first-order chi connectivity index (χ1) is 10.8. The van der Waals surface area contributed by atoms with Crippen LogP contribution in [0.3, 0.4) is 0 Å². The zero-order valence-corrected chi connectivity index (χ0v) is 14.5. The lowest BCUT2D eigenvalue weighted by Crippen LogP contribution is -2.29. The first-order valence-electron chi connectivity index (χ1n) is 7.88. The third-order valence-electron chi connectivity index (χ3n) is 2.95. The standard InChI is InChI=1S/C18H27NO4/c1-14(20)23-13-17(21)19-9-6-10-22-16-8-5-7-15(11-16)12-18(2,3)4/h5,7-8,11H,6,9-10,12-13H2,1-4H3,(H,19,21). The van der Waals surface area contributed by atoms with Crippen LogP contribution < -0.4 is 10.1 Å². The van der Waals surface area contributed by atoms with Crippen molar-refractivity contribution in [2.75, 3.05) is 19.8 Å². The van der Waals surface area contributed by atoms with E-state index in [1.54, 1.807) is 0 Å². The lowest BCUT2D eigenvalue weighted by Gasteiger charge is -2.18. The van der Waals surface area contributed by atoms with Gasteiger partial charge in [0, 0.05) is 13.5 Å². The maximum atomic E-state index is 11.3. The molecule has 0 saturated carbocycles. The van der Waals surface area contributed by atoms with E-state index >= 15 is 0 Å². The molecule has 1 aromatic rings. The van der Waals surface area contributed by atoms with Crippen molar-refractivity contribution in [3.63, 3.8) is 0 Å². The third-order valence-corrected chi connectivity index (χ3v) is 2.95. The van der Waals surface area contributed by atoms with Gasteiger partial charge in [-0.1, -0.05) is 32.9 Å². The molecule has 0 heterocycles. The molecule has 5 nitrogen and oxygen atoms in total. The quantitative estimate of drug-likeness (QED) is 0.590. The van der Waals surface area contributed by atoms with Crippen molar-refractivity contribution in [1.29, 1.82) is 0 Å². The van der Waals surface area contributed by atoms with Crippen LogP contribution in [0.1, 0.15) is 39.7 Å². The second-order valence-electron chi connectivity index (χ2n) is 6.72. The van der Waals surface area contributed by atoms with Crippen LogP contribution in [0.25, 0.3) is 0 Å². The molecule has 0 aliphatic rings. The summed E-state index contributed by atoms with van der Waals surface area (Å²) in [5.41, 5.74) is 1.50. The predicted octanol–water partition coefficient (Wildman–Crippen LogP) is 2.72. The van der Waals surface area contributed by atoms with Crippen molar-refractivity contribution in [2.45, 2.75) is 40.5 Å². The molecule has 0 aliphatic carbocycles. The minimum atomic E-state index is -0.460. The van der Waals surface area contributed by atoms with Crippen molar-refractivity contribution in [3.8, 4) is 5.75 Å². The van der Waals surface area contributed by atoms with Gasteiger partial charge >= 0.3 is 5.97 Å². The van der Waals surface area contributed by atoms with Crippen LogP contribution in [0.5, 0.6) is 5.75 Å². The van der Waals surface area contributed by atoms with Gasteiger partial charge in [-0.2, -0.15) is 0 Å². The highest BCUT2D eigenvalue weighted by Crippen LogP contribution is 2.23. The largest absolute Gasteiger partial charge is 0.494 e. The van der Waals surface area contributed by atoms with E-state index in [9.17, 15) is 9.59 Å². The summed E-state index contributed by atoms with van der Waals surface area (Å²) in [5.74, 6) is 0.0870. The fourth-order valence-electron chi connectivity index (χ4n) is 2.07. The highest BCUT2D eigenvalue weighted by molar-refractivity contribution is 5.79. The Balaban J connectivity index is 2.24. The Bertz CT molecular complexity index is 520. The summed E-state index contributed by atoms with van der Waals surface area (Å²) in [5, 5.41) is 2.67. The number of esters is 1. The number of carbonyl (C=O) groups is 2. The van der Waals surface area contributed by atoms with Crippen molar-refractivity contribution in [3.05, 3.63) is 29.8 Å². The molecule has 0 radical (unpaired) electrons. The van der Waals surface area contributed by atoms with Gasteiger partial charge in [-0.15, -0.1) is 0 Å². The number of hydrogen-bond donors (Lipinski definition) is 1. The van der Waals surface area contributed by atoms with Crippen LogP contribution in [0, 0.1) is 5.41 Å². The van der Waals surface area contributed by atoms with Crippen LogP contribution in [-0.4, -0.2) is 31.6 Å². The Morgan fingerprint density at radius 1 is 1.22 bits per heavy atom. The van der Waals surface area contributed by atoms with E-state index in [1.807, 2.05) is 12.1 Å². The Labute approximate surface area is 138 Å². The van der Waals surface area contributed by atoms with Gasteiger partial charge in [-0.25, -0.2) is 0 Å². The zero-order chi connectivity index (χ0) is 17.3. The van der Waals surface area contributed by atoms with Gasteiger partial charge in [-0.3, -0.25) is 9.59 Å². The van der Waals surface area contributed by atoms with Crippen molar-refractivity contribution in [1.82, 2.24) is 5.32 Å². The van der Waals surface area contributed by atoms with E-state index in [-0.39, 0.29) is 17.9 Å². The molecule has 1 rings (SSSR count). The number of benzene rings is 1. The number of rotatable bonds is 8. The van der Waals surface area contributed by atoms with Gasteiger partial charge in [0.15, 0.2) is 6.61 Å². The molecule has 0 atom stereocenters. The van der Waals surface area contributed by atoms with Gasteiger partial charge < -0.3 is 14.8 Å². The van der Waals surface area contributed by atoms with Crippen LogP contribution in [0.2, 0.25) is 0 Å². The van der Waals surface area contributed by atoms with Crippen molar-refractivity contribution >= 4 is 11.9 Å². The fourth-order valence-corrected chi connectivity index (χ4v) is 2.07. The van der Waals surface area contributed by atoms with Crippen LogP contribution in [0.15, 0.2) is 24.3 Å². The molecule has 1 amide bonds.